The molecule has 0 bridgehead atoms. The van der Waals surface area contributed by atoms with Crippen molar-refractivity contribution in [2.45, 2.75) is 26.9 Å². The molecule has 2 rings (SSSR count). The molecule has 0 atom stereocenters. The lowest BCUT2D eigenvalue weighted by molar-refractivity contribution is -0.386. The quantitative estimate of drug-likeness (QED) is 0.313. The third-order valence-electron chi connectivity index (χ3n) is 3.60. The molecular formula is C18H20N4O10. The first-order valence-corrected chi connectivity index (χ1v) is 9.11. The summed E-state index contributed by atoms with van der Waals surface area (Å²) in [5.74, 6) is -1.21. The summed E-state index contributed by atoms with van der Waals surface area (Å²) in [6.45, 7) is 3.01. The third-order valence-corrected chi connectivity index (χ3v) is 3.60. The van der Waals surface area contributed by atoms with Gasteiger partial charge in [0.15, 0.2) is 0 Å². The zero-order valence-electron chi connectivity index (χ0n) is 17.2. The highest BCUT2D eigenvalue weighted by molar-refractivity contribution is 5.69. The molecule has 0 aliphatic rings. The molecule has 0 aromatic carbocycles. The van der Waals surface area contributed by atoms with Crippen molar-refractivity contribution in [2.24, 2.45) is 0 Å². The van der Waals surface area contributed by atoms with Crippen LogP contribution in [0.15, 0.2) is 46.2 Å². The number of hydrogen-bond acceptors (Lipinski definition) is 10. The Kier molecular flexibility index (Phi) is 9.92. The monoisotopic (exact) mass is 452 g/mol. The van der Waals surface area contributed by atoms with Crippen molar-refractivity contribution in [1.29, 1.82) is 0 Å². The Morgan fingerprint density at radius 2 is 1.16 bits per heavy atom. The Bertz CT molecular complexity index is 1020. The lowest BCUT2D eigenvalue weighted by atomic mass is 10.4. The summed E-state index contributed by atoms with van der Waals surface area (Å²) in [7, 11) is 0. The van der Waals surface area contributed by atoms with Crippen LogP contribution in [0.5, 0.6) is 0 Å². The topological polar surface area (TPSA) is 183 Å². The molecule has 0 fully saturated rings. The van der Waals surface area contributed by atoms with Gasteiger partial charge < -0.3 is 9.47 Å². The van der Waals surface area contributed by atoms with E-state index in [9.17, 15) is 39.4 Å². The van der Waals surface area contributed by atoms with Crippen LogP contribution in [-0.2, 0) is 32.2 Å². The fourth-order valence-corrected chi connectivity index (χ4v) is 2.27. The number of nitro groups is 2. The second-order valence-corrected chi connectivity index (χ2v) is 5.78. The van der Waals surface area contributed by atoms with E-state index in [1.807, 2.05) is 0 Å². The van der Waals surface area contributed by atoms with Crippen molar-refractivity contribution in [3.05, 3.63) is 77.6 Å². The molecule has 0 radical (unpaired) electrons. The Balaban J connectivity index is 0.000000320. The van der Waals surface area contributed by atoms with Crippen LogP contribution in [0.3, 0.4) is 0 Å². The zero-order valence-corrected chi connectivity index (χ0v) is 17.2. The average Bonchev–Trinajstić information content (AvgIpc) is 2.71. The van der Waals surface area contributed by atoms with E-state index in [2.05, 4.69) is 9.47 Å². The van der Waals surface area contributed by atoms with E-state index in [-0.39, 0.29) is 26.3 Å². The van der Waals surface area contributed by atoms with E-state index < -0.39 is 44.3 Å². The van der Waals surface area contributed by atoms with Crippen LogP contribution in [0.2, 0.25) is 0 Å². The first-order valence-electron chi connectivity index (χ1n) is 9.11. The normalized spacial score (nSPS) is 9.81. The molecule has 32 heavy (non-hydrogen) atoms. The number of nitrogens with zero attached hydrogens (tertiary/aromatic N) is 4. The first-order chi connectivity index (χ1) is 15.1. The van der Waals surface area contributed by atoms with Crippen LogP contribution >= 0.6 is 0 Å². The minimum atomic E-state index is -0.819. The van der Waals surface area contributed by atoms with E-state index >= 15 is 0 Å². The average molecular weight is 452 g/mol. The van der Waals surface area contributed by atoms with E-state index in [0.29, 0.717) is 0 Å². The maximum Gasteiger partial charge on any atom is 0.334 e. The summed E-state index contributed by atoms with van der Waals surface area (Å²) in [4.78, 5) is 64.5. The molecule has 0 saturated carbocycles. The lowest BCUT2D eigenvalue weighted by Crippen LogP contribution is -2.26. The fourth-order valence-electron chi connectivity index (χ4n) is 2.27. The summed E-state index contributed by atoms with van der Waals surface area (Å²) in [6.07, 6.45) is 2.60. The Labute approximate surface area is 179 Å². The molecule has 2 heterocycles. The van der Waals surface area contributed by atoms with Gasteiger partial charge in [-0.15, -0.1) is 0 Å². The molecule has 14 nitrogen and oxygen atoms in total. The molecular weight excluding hydrogens is 432 g/mol. The molecule has 0 spiro atoms. The number of rotatable bonds is 8. The molecule has 0 aliphatic heterocycles. The molecule has 0 amide bonds. The summed E-state index contributed by atoms with van der Waals surface area (Å²) >= 11 is 0. The minimum Gasteiger partial charge on any atom is -0.465 e. The first kappa shape index (κ1) is 25.7. The van der Waals surface area contributed by atoms with Crippen molar-refractivity contribution in [1.82, 2.24) is 9.13 Å². The largest absolute Gasteiger partial charge is 0.465 e. The van der Waals surface area contributed by atoms with Crippen molar-refractivity contribution in [3.8, 4) is 0 Å². The maximum absolute atomic E-state index is 11.5. The van der Waals surface area contributed by atoms with E-state index in [1.165, 1.54) is 24.5 Å². The number of carbonyl (C=O) groups is 2. The maximum atomic E-state index is 11.5. The van der Waals surface area contributed by atoms with E-state index in [4.69, 9.17) is 0 Å². The molecule has 0 unspecified atom stereocenters. The third kappa shape index (κ3) is 7.47. The number of hydrogen-bond donors (Lipinski definition) is 0. The molecule has 2 aromatic heterocycles. The van der Waals surface area contributed by atoms with Gasteiger partial charge in [0.05, 0.1) is 23.1 Å². The molecule has 14 heteroatoms. The van der Waals surface area contributed by atoms with Gasteiger partial charge in [-0.25, -0.2) is 0 Å². The van der Waals surface area contributed by atoms with Crippen LogP contribution < -0.4 is 11.1 Å². The van der Waals surface area contributed by atoms with Crippen LogP contribution in [0, 0.1) is 20.2 Å². The van der Waals surface area contributed by atoms with Gasteiger partial charge in [-0.05, 0) is 26.0 Å². The minimum absolute atomic E-state index is 0.197. The molecule has 172 valence electrons. The van der Waals surface area contributed by atoms with Gasteiger partial charge in [0.25, 0.3) is 0 Å². The summed E-state index contributed by atoms with van der Waals surface area (Å²) in [5.41, 5.74) is -2.76. The van der Waals surface area contributed by atoms with Gasteiger partial charge in [0.1, 0.15) is 13.1 Å². The predicted octanol–water partition coefficient (Wildman–Crippen LogP) is 0.639. The molecule has 0 saturated heterocycles. The van der Waals surface area contributed by atoms with Crippen molar-refractivity contribution in [3.63, 3.8) is 0 Å². The van der Waals surface area contributed by atoms with Crippen molar-refractivity contribution >= 4 is 23.3 Å². The van der Waals surface area contributed by atoms with Crippen molar-refractivity contribution in [2.75, 3.05) is 13.2 Å². The molecule has 0 aliphatic carbocycles. The number of esters is 2. The lowest BCUT2D eigenvalue weighted by Gasteiger charge is -2.04. The van der Waals surface area contributed by atoms with Gasteiger partial charge in [-0.3, -0.25) is 48.5 Å². The van der Waals surface area contributed by atoms with Gasteiger partial charge in [0.2, 0.25) is 0 Å². The number of carbonyl (C=O) groups excluding carboxylic acids is 2. The highest BCUT2D eigenvalue weighted by Crippen LogP contribution is 2.02. The van der Waals surface area contributed by atoms with Gasteiger partial charge in [-0.1, -0.05) is 0 Å². The standard InChI is InChI=1S/2C9H10N2O5/c2*1-2-16-8(12)6-10-5-3-4-7(9(10)13)11(14)15/h2*3-5H,2,6H2,1H3. The van der Waals surface area contributed by atoms with Crippen LogP contribution in [-0.4, -0.2) is 44.1 Å². The fraction of sp³-hybridized carbons (Fsp3) is 0.333. The number of pyridine rings is 2. The van der Waals surface area contributed by atoms with E-state index in [0.717, 1.165) is 21.3 Å². The Morgan fingerprint density at radius 1 is 0.812 bits per heavy atom. The molecule has 0 N–H and O–H groups in total. The summed E-state index contributed by atoms with van der Waals surface area (Å²) in [5, 5.41) is 20.9. The summed E-state index contributed by atoms with van der Waals surface area (Å²) in [6, 6.07) is 4.84. The zero-order chi connectivity index (χ0) is 24.3. The van der Waals surface area contributed by atoms with Crippen LogP contribution in [0.1, 0.15) is 13.8 Å². The smallest absolute Gasteiger partial charge is 0.334 e. The van der Waals surface area contributed by atoms with Crippen LogP contribution in [0.25, 0.3) is 0 Å². The highest BCUT2D eigenvalue weighted by atomic mass is 16.6. The van der Waals surface area contributed by atoms with Gasteiger partial charge in [0, 0.05) is 24.5 Å². The second kappa shape index (κ2) is 12.4. The number of aromatic nitrogens is 2. The second-order valence-electron chi connectivity index (χ2n) is 5.78. The van der Waals surface area contributed by atoms with E-state index in [1.54, 1.807) is 13.8 Å². The summed E-state index contributed by atoms with van der Waals surface area (Å²) < 4.78 is 11.1. The predicted molar refractivity (Wildman–Crippen MR) is 108 cm³/mol. The van der Waals surface area contributed by atoms with Crippen molar-refractivity contribution < 1.29 is 28.9 Å². The van der Waals surface area contributed by atoms with Crippen LogP contribution in [0.4, 0.5) is 11.4 Å². The SMILES string of the molecule is CCOC(=O)Cn1cccc([N+](=O)[O-])c1=O.CCOC(=O)Cn1cccc([N+](=O)[O-])c1=O. The number of ether oxygens (including phenoxy) is 2. The highest BCUT2D eigenvalue weighted by Gasteiger charge is 2.16. The van der Waals surface area contributed by atoms with Gasteiger partial charge >= 0.3 is 34.4 Å². The van der Waals surface area contributed by atoms with Gasteiger partial charge in [-0.2, -0.15) is 0 Å². The Morgan fingerprint density at radius 3 is 1.44 bits per heavy atom. The molecule has 2 aromatic rings. The Hall–Kier alpha value is -4.36.